The Bertz CT molecular complexity index is 1750. The minimum absolute atomic E-state index is 0.0161. The summed E-state index contributed by atoms with van der Waals surface area (Å²) in [6.45, 7) is 17.4. The lowest BCUT2D eigenvalue weighted by molar-refractivity contribution is -0.392. The number of ether oxygens (including phenoxy) is 6. The molecule has 0 aromatic carbocycles. The van der Waals surface area contributed by atoms with Crippen LogP contribution >= 0.6 is 0 Å². The molecular weight excluding hydrogens is 836 g/mol. The standard InChI is InChI=1S/C47H76O17/c1-42(2)17-22-21-9-10-26-45(6)13-12-28(43(3,4)25(45)11-14-47(26,8)46(21,7)16-15-44(22,5)27(50)18-42)61-41-37(33(55)32(54)35(62-41)38(57)58)64-40-36(31(53)30(52)24(19-48)60-40)63-39-34(56)29(51)23(49)20-59-39/h9-10,21-37,39-41,48-56H,11-20H2,1-8H3,(H,57,58)/t21-,22-,23-,24+,25+,26-,27-,28+,29+,30+,31+,32+,33+,34+,35+,36-,37+,39+,40-,41-,44+,45-,46-,47-/m1/s1. The highest BCUT2D eigenvalue weighted by atomic mass is 16.8. The van der Waals surface area contributed by atoms with E-state index in [4.69, 9.17) is 28.4 Å². The summed E-state index contributed by atoms with van der Waals surface area (Å²) < 4.78 is 36.0. The highest BCUT2D eigenvalue weighted by Gasteiger charge is 2.70. The van der Waals surface area contributed by atoms with Crippen LogP contribution in [0.5, 0.6) is 0 Å². The molecule has 366 valence electrons. The summed E-state index contributed by atoms with van der Waals surface area (Å²) in [5.41, 5.74) is -0.764. The Balaban J connectivity index is 1.06. The summed E-state index contributed by atoms with van der Waals surface area (Å²) in [7, 11) is 0. The topological polar surface area (TPSA) is 275 Å². The van der Waals surface area contributed by atoms with Gasteiger partial charge in [0, 0.05) is 0 Å². The zero-order chi connectivity index (χ0) is 46.9. The SMILES string of the molecule is CC1(C)C[C@@H](O)[C@@]2(C)CC[C@]3(C)[C@H](C=C[C@@H]4[C@]5(C)CC[C@H](O[C@@H]6O[C@H](C(=O)O)[C@@H](O)[C@H](O)[C@@H]6O[C@H]6O[C@@H](CO)[C@H](O)[C@H](O)[C@H]6O[C@@H]6OC[C@@H](O)[C@H](O)[C@@H]6O)C(C)(C)[C@@H]5CC[C@]43C)[C@H]2C1. The number of rotatable bonds is 8. The molecular formula is C47H76O17. The zero-order valence-electron chi connectivity index (χ0n) is 38.6. The first-order valence-electron chi connectivity index (χ1n) is 23.6. The summed E-state index contributed by atoms with van der Waals surface area (Å²) in [6.07, 6.45) is -13.2. The summed E-state index contributed by atoms with van der Waals surface area (Å²) in [5, 5.41) is 107. The molecule has 0 aromatic heterocycles. The van der Waals surface area contributed by atoms with Crippen molar-refractivity contribution in [1.82, 2.24) is 0 Å². The van der Waals surface area contributed by atoms with Crippen molar-refractivity contribution >= 4 is 5.97 Å². The van der Waals surface area contributed by atoms with Crippen LogP contribution in [0.3, 0.4) is 0 Å². The maximum absolute atomic E-state index is 12.4. The van der Waals surface area contributed by atoms with Crippen molar-refractivity contribution in [2.45, 2.75) is 205 Å². The van der Waals surface area contributed by atoms with E-state index in [2.05, 4.69) is 67.5 Å². The number of aliphatic hydroxyl groups is 9. The average Bonchev–Trinajstić information content (AvgIpc) is 3.21. The van der Waals surface area contributed by atoms with Gasteiger partial charge in [0.1, 0.15) is 61.0 Å². The van der Waals surface area contributed by atoms with Crippen LogP contribution in [0, 0.1) is 56.2 Å². The van der Waals surface area contributed by atoms with Gasteiger partial charge in [0.2, 0.25) is 0 Å². The van der Waals surface area contributed by atoms with E-state index >= 15 is 0 Å². The van der Waals surface area contributed by atoms with Gasteiger partial charge < -0.3 is 79.5 Å². The van der Waals surface area contributed by atoms with Crippen molar-refractivity contribution in [3.8, 4) is 0 Å². The lowest BCUT2D eigenvalue weighted by Gasteiger charge is -2.72. The molecule has 5 aliphatic carbocycles. The van der Waals surface area contributed by atoms with Gasteiger partial charge in [0.05, 0.1) is 25.4 Å². The molecule has 0 unspecified atom stereocenters. The van der Waals surface area contributed by atoms with E-state index < -0.39 is 117 Å². The summed E-state index contributed by atoms with van der Waals surface area (Å²) in [5.74, 6) is -0.453. The number of aliphatic carboxylic acids is 1. The largest absolute Gasteiger partial charge is 0.479 e. The van der Waals surface area contributed by atoms with Gasteiger partial charge >= 0.3 is 5.97 Å². The fourth-order valence-electron chi connectivity index (χ4n) is 14.9. The zero-order valence-corrected chi connectivity index (χ0v) is 38.6. The van der Waals surface area contributed by atoms with Crippen LogP contribution in [0.2, 0.25) is 0 Å². The molecule has 17 nitrogen and oxygen atoms in total. The molecule has 64 heavy (non-hydrogen) atoms. The molecule has 7 fully saturated rings. The van der Waals surface area contributed by atoms with Crippen LogP contribution in [0.4, 0.5) is 0 Å². The van der Waals surface area contributed by atoms with Crippen molar-refractivity contribution in [3.63, 3.8) is 0 Å². The second-order valence-corrected chi connectivity index (χ2v) is 23.4. The van der Waals surface area contributed by atoms with E-state index in [9.17, 15) is 55.9 Å². The third-order valence-electron chi connectivity index (χ3n) is 19.1. The first-order chi connectivity index (χ1) is 29.8. The summed E-state index contributed by atoms with van der Waals surface area (Å²) in [6, 6.07) is 0. The first-order valence-corrected chi connectivity index (χ1v) is 23.6. The van der Waals surface area contributed by atoms with Crippen molar-refractivity contribution in [2.24, 2.45) is 56.2 Å². The van der Waals surface area contributed by atoms with Crippen LogP contribution < -0.4 is 0 Å². The molecule has 8 aliphatic rings. The Kier molecular flexibility index (Phi) is 13.0. The van der Waals surface area contributed by atoms with Gasteiger partial charge in [-0.2, -0.15) is 0 Å². The number of carbonyl (C=O) groups is 1. The molecule has 3 saturated heterocycles. The number of hydrogen-bond acceptors (Lipinski definition) is 16. The van der Waals surface area contributed by atoms with Crippen molar-refractivity contribution in [3.05, 3.63) is 12.2 Å². The Morgan fingerprint density at radius 3 is 1.95 bits per heavy atom. The number of hydrogen-bond donors (Lipinski definition) is 10. The van der Waals surface area contributed by atoms with E-state index in [0.29, 0.717) is 18.3 Å². The van der Waals surface area contributed by atoms with E-state index in [0.717, 1.165) is 44.9 Å². The molecule has 8 rings (SSSR count). The average molecular weight is 913 g/mol. The second kappa shape index (κ2) is 16.9. The lowest BCUT2D eigenvalue weighted by Crippen LogP contribution is -2.68. The van der Waals surface area contributed by atoms with Gasteiger partial charge in [-0.15, -0.1) is 0 Å². The number of carboxylic acids is 1. The third kappa shape index (κ3) is 7.58. The van der Waals surface area contributed by atoms with Crippen molar-refractivity contribution in [2.75, 3.05) is 13.2 Å². The molecule has 0 spiro atoms. The number of aliphatic hydroxyl groups excluding tert-OH is 9. The lowest BCUT2D eigenvalue weighted by atomic mass is 9.33. The number of allylic oxidation sites excluding steroid dienone is 2. The summed E-state index contributed by atoms with van der Waals surface area (Å²) in [4.78, 5) is 12.4. The first kappa shape index (κ1) is 49.0. The maximum Gasteiger partial charge on any atom is 0.335 e. The monoisotopic (exact) mass is 913 g/mol. The van der Waals surface area contributed by atoms with Crippen LogP contribution in [-0.2, 0) is 33.2 Å². The molecule has 0 amide bonds. The van der Waals surface area contributed by atoms with Crippen molar-refractivity contribution < 1.29 is 84.3 Å². The van der Waals surface area contributed by atoms with Crippen LogP contribution in [0.1, 0.15) is 107 Å². The molecule has 17 heteroatoms. The smallest absolute Gasteiger partial charge is 0.335 e. The van der Waals surface area contributed by atoms with Crippen molar-refractivity contribution in [1.29, 1.82) is 0 Å². The third-order valence-corrected chi connectivity index (χ3v) is 19.1. The van der Waals surface area contributed by atoms with E-state index in [1.165, 1.54) is 0 Å². The van der Waals surface area contributed by atoms with E-state index in [1.54, 1.807) is 0 Å². The van der Waals surface area contributed by atoms with Gasteiger partial charge in [0.15, 0.2) is 25.0 Å². The Hall–Kier alpha value is -1.39. The van der Waals surface area contributed by atoms with E-state index in [1.807, 2.05) is 0 Å². The van der Waals surface area contributed by atoms with E-state index in [-0.39, 0.29) is 45.0 Å². The molecule has 0 bridgehead atoms. The molecule has 10 N–H and O–H groups in total. The molecule has 3 heterocycles. The summed E-state index contributed by atoms with van der Waals surface area (Å²) >= 11 is 0. The Morgan fingerprint density at radius 1 is 0.656 bits per heavy atom. The molecule has 0 radical (unpaired) electrons. The predicted molar refractivity (Wildman–Crippen MR) is 224 cm³/mol. The van der Waals surface area contributed by atoms with Crippen LogP contribution in [0.15, 0.2) is 12.2 Å². The van der Waals surface area contributed by atoms with Crippen LogP contribution in [-0.4, -0.2) is 168 Å². The number of fused-ring (bicyclic) bond motifs is 7. The normalized spacial score (nSPS) is 55.6. The molecule has 4 saturated carbocycles. The molecule has 0 aromatic rings. The molecule has 3 aliphatic heterocycles. The quantitative estimate of drug-likeness (QED) is 0.121. The second-order valence-electron chi connectivity index (χ2n) is 23.4. The van der Waals surface area contributed by atoms with Gasteiger partial charge in [-0.05, 0) is 108 Å². The number of carboxylic acid groups (broad SMARTS) is 1. The fourth-order valence-corrected chi connectivity index (χ4v) is 14.9. The van der Waals surface area contributed by atoms with Crippen LogP contribution in [0.25, 0.3) is 0 Å². The highest BCUT2D eigenvalue weighted by Crippen LogP contribution is 2.75. The highest BCUT2D eigenvalue weighted by molar-refractivity contribution is 5.73. The Morgan fingerprint density at radius 2 is 1.30 bits per heavy atom. The fraction of sp³-hybridized carbons (Fsp3) is 0.936. The predicted octanol–water partition coefficient (Wildman–Crippen LogP) is 1.20. The maximum atomic E-state index is 12.4. The minimum Gasteiger partial charge on any atom is -0.479 e. The minimum atomic E-state index is -2.02. The van der Waals surface area contributed by atoms with Gasteiger partial charge in [0.25, 0.3) is 0 Å². The molecule has 24 atom stereocenters. The van der Waals surface area contributed by atoms with Gasteiger partial charge in [-0.1, -0.05) is 67.5 Å². The van der Waals surface area contributed by atoms with Gasteiger partial charge in [-0.25, -0.2) is 4.79 Å². The Labute approximate surface area is 376 Å². The van der Waals surface area contributed by atoms with Gasteiger partial charge in [-0.3, -0.25) is 0 Å².